The predicted molar refractivity (Wildman–Crippen MR) is 170 cm³/mol. The largest absolute Gasteiger partial charge is 0.309 e. The van der Waals surface area contributed by atoms with Crippen molar-refractivity contribution >= 4 is 50.8 Å². The lowest BCUT2D eigenvalue weighted by Gasteiger charge is -2.22. The monoisotopic (exact) mass is 551 g/mol. The SMILES string of the molecule is CC1(C)c2ccccc2-c2ccc(-n3c4ccccc4c4cc(-c5ccc(-c6ccc(C=O)s6)s5)ccc43)cc21. The number of rotatable bonds is 4. The Hall–Kier alpha value is -4.25. The average molecular weight is 552 g/mol. The van der Waals surface area contributed by atoms with E-state index in [1.807, 2.05) is 12.1 Å². The average Bonchev–Trinajstić information content (AvgIpc) is 3.77. The van der Waals surface area contributed by atoms with Crippen molar-refractivity contribution in [2.75, 3.05) is 0 Å². The minimum Gasteiger partial charge on any atom is -0.309 e. The van der Waals surface area contributed by atoms with Gasteiger partial charge in [0.25, 0.3) is 0 Å². The normalized spacial score (nSPS) is 13.6. The summed E-state index contributed by atoms with van der Waals surface area (Å²) < 4.78 is 2.42. The van der Waals surface area contributed by atoms with Gasteiger partial charge in [0.15, 0.2) is 6.29 Å². The molecule has 0 unspecified atom stereocenters. The fraction of sp³-hybridized carbons (Fsp3) is 0.0833. The van der Waals surface area contributed by atoms with Crippen LogP contribution in [0.2, 0.25) is 0 Å². The van der Waals surface area contributed by atoms with Gasteiger partial charge in [-0.1, -0.05) is 68.4 Å². The van der Waals surface area contributed by atoms with Crippen molar-refractivity contribution in [1.82, 2.24) is 4.57 Å². The van der Waals surface area contributed by atoms with Gasteiger partial charge >= 0.3 is 0 Å². The third-order valence-corrected chi connectivity index (χ3v) is 10.7. The molecule has 0 saturated carbocycles. The van der Waals surface area contributed by atoms with Crippen LogP contribution >= 0.6 is 22.7 Å². The minimum absolute atomic E-state index is 0.0419. The van der Waals surface area contributed by atoms with Crippen LogP contribution in [0.4, 0.5) is 0 Å². The number of nitrogens with zero attached hydrogens (tertiary/aromatic N) is 1. The first-order valence-corrected chi connectivity index (χ1v) is 15.1. The Labute approximate surface area is 240 Å². The molecule has 3 heterocycles. The maximum absolute atomic E-state index is 11.2. The van der Waals surface area contributed by atoms with Crippen LogP contribution in [0, 0.1) is 0 Å². The number of hydrogen-bond donors (Lipinski definition) is 0. The first-order chi connectivity index (χ1) is 19.5. The summed E-state index contributed by atoms with van der Waals surface area (Å²) in [5, 5.41) is 2.51. The van der Waals surface area contributed by atoms with Crippen LogP contribution in [0.15, 0.2) is 109 Å². The van der Waals surface area contributed by atoms with Crippen molar-refractivity contribution in [2.45, 2.75) is 19.3 Å². The van der Waals surface area contributed by atoms with Gasteiger partial charge in [0, 0.05) is 36.5 Å². The number of aromatic nitrogens is 1. The van der Waals surface area contributed by atoms with Gasteiger partial charge in [-0.05, 0) is 82.4 Å². The zero-order valence-corrected chi connectivity index (χ0v) is 23.8. The summed E-state index contributed by atoms with van der Waals surface area (Å²) in [6.07, 6.45) is 0.924. The number of carbonyl (C=O) groups is 1. The second-order valence-corrected chi connectivity index (χ2v) is 13.2. The van der Waals surface area contributed by atoms with E-state index in [0.29, 0.717) is 0 Å². The van der Waals surface area contributed by atoms with Gasteiger partial charge in [-0.2, -0.15) is 0 Å². The standard InChI is InChI=1S/C36H25NOS2/c1-36(2)29-9-5-3-7-25(29)26-14-12-23(20-30(26)36)37-31-10-6-4-8-27(31)28-19-22(11-15-32(28)37)33-17-18-35(40-33)34-16-13-24(21-38)39-34/h3-21H,1-2H3. The third kappa shape index (κ3) is 3.36. The Morgan fingerprint density at radius 3 is 2.23 bits per heavy atom. The van der Waals surface area contributed by atoms with Crippen molar-refractivity contribution in [3.63, 3.8) is 0 Å². The van der Waals surface area contributed by atoms with E-state index in [4.69, 9.17) is 0 Å². The number of fused-ring (bicyclic) bond motifs is 6. The summed E-state index contributed by atoms with van der Waals surface area (Å²) in [5.74, 6) is 0. The number of benzene rings is 4. The predicted octanol–water partition coefficient (Wildman–Crippen LogP) is 10.4. The molecule has 0 N–H and O–H groups in total. The molecular weight excluding hydrogens is 527 g/mol. The van der Waals surface area contributed by atoms with Crippen molar-refractivity contribution < 1.29 is 4.79 Å². The lowest BCUT2D eigenvalue weighted by Crippen LogP contribution is -2.15. The molecule has 0 aliphatic heterocycles. The highest BCUT2D eigenvalue weighted by Gasteiger charge is 2.35. The molecule has 2 nitrogen and oxygen atoms in total. The van der Waals surface area contributed by atoms with Crippen molar-refractivity contribution in [1.29, 1.82) is 0 Å². The number of thiophene rings is 2. The Morgan fingerprint density at radius 2 is 1.35 bits per heavy atom. The van der Waals surface area contributed by atoms with Crippen molar-refractivity contribution in [3.05, 3.63) is 125 Å². The molecule has 0 saturated heterocycles. The first-order valence-electron chi connectivity index (χ1n) is 13.5. The molecule has 192 valence electrons. The second-order valence-electron chi connectivity index (χ2n) is 11.0. The molecule has 0 radical (unpaired) electrons. The summed E-state index contributed by atoms with van der Waals surface area (Å²) in [6.45, 7) is 4.68. The highest BCUT2D eigenvalue weighted by atomic mass is 32.1. The van der Waals surface area contributed by atoms with E-state index in [-0.39, 0.29) is 5.41 Å². The van der Waals surface area contributed by atoms with E-state index >= 15 is 0 Å². The first kappa shape index (κ1) is 23.6. The molecular formula is C36H25NOS2. The van der Waals surface area contributed by atoms with Crippen LogP contribution in [-0.4, -0.2) is 10.9 Å². The zero-order valence-electron chi connectivity index (χ0n) is 22.1. The Kier molecular flexibility index (Phi) is 5.09. The van der Waals surface area contributed by atoms with E-state index in [1.165, 1.54) is 65.1 Å². The summed E-state index contributed by atoms with van der Waals surface area (Å²) in [6, 6.07) is 39.7. The highest BCUT2D eigenvalue weighted by Crippen LogP contribution is 2.49. The molecule has 0 spiro atoms. The van der Waals surface area contributed by atoms with Gasteiger partial charge in [0.2, 0.25) is 0 Å². The molecule has 1 aliphatic carbocycles. The molecule has 4 heteroatoms. The quantitative estimate of drug-likeness (QED) is 0.199. The highest BCUT2D eigenvalue weighted by molar-refractivity contribution is 7.24. The molecule has 1 aliphatic rings. The molecule has 0 amide bonds. The Balaban J connectivity index is 1.28. The van der Waals surface area contributed by atoms with Crippen LogP contribution in [0.25, 0.3) is 58.8 Å². The topological polar surface area (TPSA) is 22.0 Å². The second kappa shape index (κ2) is 8.62. The Bertz CT molecular complexity index is 2120. The zero-order chi connectivity index (χ0) is 27.0. The summed E-state index contributed by atoms with van der Waals surface area (Å²) >= 11 is 3.32. The number of carbonyl (C=O) groups excluding carboxylic acids is 1. The van der Waals surface area contributed by atoms with Crippen molar-refractivity contribution in [2.24, 2.45) is 0 Å². The molecule has 0 atom stereocenters. The van der Waals surface area contributed by atoms with Gasteiger partial charge in [0.1, 0.15) is 0 Å². The summed E-state index contributed by atoms with van der Waals surface area (Å²) in [7, 11) is 0. The van der Waals surface area contributed by atoms with E-state index < -0.39 is 0 Å². The van der Waals surface area contributed by atoms with Gasteiger partial charge in [-0.3, -0.25) is 4.79 Å². The summed E-state index contributed by atoms with van der Waals surface area (Å²) in [5.41, 5.74) is 10.3. The lowest BCUT2D eigenvalue weighted by atomic mass is 9.82. The van der Waals surface area contributed by atoms with Gasteiger partial charge in [-0.15, -0.1) is 22.7 Å². The molecule has 40 heavy (non-hydrogen) atoms. The molecule has 7 aromatic rings. The number of para-hydroxylation sites is 1. The van der Waals surface area contributed by atoms with Crippen LogP contribution in [0.1, 0.15) is 34.6 Å². The third-order valence-electron chi connectivity index (χ3n) is 8.37. The van der Waals surface area contributed by atoms with Gasteiger partial charge < -0.3 is 4.57 Å². The number of aldehydes is 1. The van der Waals surface area contributed by atoms with Gasteiger partial charge in [0.05, 0.1) is 15.9 Å². The van der Waals surface area contributed by atoms with E-state index in [0.717, 1.165) is 16.0 Å². The lowest BCUT2D eigenvalue weighted by molar-refractivity contribution is 0.112. The minimum atomic E-state index is -0.0419. The van der Waals surface area contributed by atoms with Crippen LogP contribution < -0.4 is 0 Å². The maximum atomic E-state index is 11.2. The molecule has 0 bridgehead atoms. The van der Waals surface area contributed by atoms with Crippen LogP contribution in [-0.2, 0) is 5.41 Å². The number of hydrogen-bond acceptors (Lipinski definition) is 3. The van der Waals surface area contributed by atoms with Gasteiger partial charge in [-0.25, -0.2) is 0 Å². The Morgan fingerprint density at radius 1 is 0.625 bits per heavy atom. The molecule has 3 aromatic heterocycles. The summed E-state index contributed by atoms with van der Waals surface area (Å²) in [4.78, 5) is 15.5. The maximum Gasteiger partial charge on any atom is 0.160 e. The fourth-order valence-electron chi connectivity index (χ4n) is 6.41. The molecule has 0 fully saturated rings. The van der Waals surface area contributed by atoms with E-state index in [2.05, 4.69) is 115 Å². The molecule has 4 aromatic carbocycles. The van der Waals surface area contributed by atoms with Crippen LogP contribution in [0.3, 0.4) is 0 Å². The fourth-order valence-corrected chi connectivity index (χ4v) is 8.33. The van der Waals surface area contributed by atoms with Crippen molar-refractivity contribution in [3.8, 4) is 37.0 Å². The van der Waals surface area contributed by atoms with E-state index in [9.17, 15) is 4.79 Å². The molecule has 8 rings (SSSR count). The van der Waals surface area contributed by atoms with Crippen LogP contribution in [0.5, 0.6) is 0 Å². The smallest absolute Gasteiger partial charge is 0.160 e. The van der Waals surface area contributed by atoms with E-state index in [1.54, 1.807) is 22.7 Å².